The number of unbranched alkanes of at least 4 members (excludes halogenated alkanes) is 2. The molecule has 0 amide bonds. The van der Waals surface area contributed by atoms with Gasteiger partial charge in [-0.3, -0.25) is 0 Å². The van der Waals surface area contributed by atoms with E-state index >= 15 is 0 Å². The van der Waals surface area contributed by atoms with E-state index in [-0.39, 0.29) is 0 Å². The van der Waals surface area contributed by atoms with Crippen molar-refractivity contribution in [3.05, 3.63) is 0 Å². The Balaban J connectivity index is 1.63. The molecule has 102 valence electrons. The number of rotatable bonds is 12. The predicted octanol–water partition coefficient (Wildman–Crippen LogP) is 2.60. The van der Waals surface area contributed by atoms with Gasteiger partial charge in [-0.05, 0) is 44.6 Å². The molecule has 3 nitrogen and oxygen atoms in total. The highest BCUT2D eigenvalue weighted by Crippen LogP contribution is 2.18. The number of hydrogen-bond donors (Lipinski definition) is 1. The SMILES string of the molecule is CC(C)COCCOCCCCCNC1CC1. The summed E-state index contributed by atoms with van der Waals surface area (Å²) in [5.74, 6) is 0.619. The molecule has 0 aromatic carbocycles. The van der Waals surface area contributed by atoms with Gasteiger partial charge in [0.2, 0.25) is 0 Å². The zero-order valence-electron chi connectivity index (χ0n) is 11.5. The third kappa shape index (κ3) is 10.7. The maximum Gasteiger partial charge on any atom is 0.0700 e. The second kappa shape index (κ2) is 9.86. The molecule has 0 saturated heterocycles. The van der Waals surface area contributed by atoms with Crippen molar-refractivity contribution in [2.24, 2.45) is 5.92 Å². The molecule has 0 radical (unpaired) electrons. The molecule has 0 aromatic heterocycles. The average Bonchev–Trinajstić information content (AvgIpc) is 3.09. The van der Waals surface area contributed by atoms with E-state index in [1.54, 1.807) is 0 Å². The normalized spacial score (nSPS) is 15.7. The molecule has 0 spiro atoms. The second-order valence-corrected chi connectivity index (χ2v) is 5.37. The van der Waals surface area contributed by atoms with Gasteiger partial charge in [0, 0.05) is 19.3 Å². The van der Waals surface area contributed by atoms with E-state index in [0.717, 1.165) is 32.5 Å². The summed E-state index contributed by atoms with van der Waals surface area (Å²) in [5.41, 5.74) is 0. The Kier molecular flexibility index (Phi) is 8.67. The van der Waals surface area contributed by atoms with Crippen LogP contribution in [0.15, 0.2) is 0 Å². The first-order valence-electron chi connectivity index (χ1n) is 7.18. The van der Waals surface area contributed by atoms with Crippen molar-refractivity contribution in [3.63, 3.8) is 0 Å². The minimum atomic E-state index is 0.619. The quantitative estimate of drug-likeness (QED) is 0.534. The topological polar surface area (TPSA) is 30.5 Å². The number of ether oxygens (including phenoxy) is 2. The van der Waals surface area contributed by atoms with Gasteiger partial charge in [0.15, 0.2) is 0 Å². The first kappa shape index (κ1) is 14.9. The minimum Gasteiger partial charge on any atom is -0.379 e. The summed E-state index contributed by atoms with van der Waals surface area (Å²) < 4.78 is 10.9. The van der Waals surface area contributed by atoms with Crippen LogP contribution in [0, 0.1) is 5.92 Å². The maximum atomic E-state index is 5.51. The summed E-state index contributed by atoms with van der Waals surface area (Å²) in [5, 5.41) is 3.53. The molecule has 1 rings (SSSR count). The molecule has 17 heavy (non-hydrogen) atoms. The van der Waals surface area contributed by atoms with Crippen molar-refractivity contribution in [1.82, 2.24) is 5.32 Å². The predicted molar refractivity (Wildman–Crippen MR) is 71.4 cm³/mol. The molecule has 0 bridgehead atoms. The van der Waals surface area contributed by atoms with Gasteiger partial charge in [0.1, 0.15) is 0 Å². The van der Waals surface area contributed by atoms with Crippen LogP contribution in [0.3, 0.4) is 0 Å². The van der Waals surface area contributed by atoms with Crippen LogP contribution in [0.1, 0.15) is 46.0 Å². The molecular weight excluding hydrogens is 214 g/mol. The maximum absolute atomic E-state index is 5.51. The lowest BCUT2D eigenvalue weighted by Gasteiger charge is -2.07. The van der Waals surface area contributed by atoms with Gasteiger partial charge in [-0.1, -0.05) is 13.8 Å². The fraction of sp³-hybridized carbons (Fsp3) is 1.00. The third-order valence-corrected chi connectivity index (χ3v) is 2.80. The van der Waals surface area contributed by atoms with Crippen molar-refractivity contribution >= 4 is 0 Å². The van der Waals surface area contributed by atoms with Gasteiger partial charge in [0.25, 0.3) is 0 Å². The second-order valence-electron chi connectivity index (χ2n) is 5.37. The first-order valence-corrected chi connectivity index (χ1v) is 7.18. The molecule has 1 N–H and O–H groups in total. The summed E-state index contributed by atoms with van der Waals surface area (Å²) in [6.07, 6.45) is 6.51. The monoisotopic (exact) mass is 243 g/mol. The van der Waals surface area contributed by atoms with Crippen LogP contribution in [0.4, 0.5) is 0 Å². The highest BCUT2D eigenvalue weighted by molar-refractivity contribution is 4.80. The summed E-state index contributed by atoms with van der Waals surface area (Å²) >= 11 is 0. The van der Waals surface area contributed by atoms with Crippen LogP contribution in [0.5, 0.6) is 0 Å². The Labute approximate surface area is 106 Å². The van der Waals surface area contributed by atoms with E-state index < -0.39 is 0 Å². The van der Waals surface area contributed by atoms with Gasteiger partial charge < -0.3 is 14.8 Å². The molecule has 0 unspecified atom stereocenters. The Bertz CT molecular complexity index is 160. The fourth-order valence-electron chi connectivity index (χ4n) is 1.64. The smallest absolute Gasteiger partial charge is 0.0700 e. The molecule has 0 aromatic rings. The van der Waals surface area contributed by atoms with Gasteiger partial charge in [-0.2, -0.15) is 0 Å². The van der Waals surface area contributed by atoms with E-state index in [1.165, 1.54) is 38.6 Å². The van der Waals surface area contributed by atoms with Gasteiger partial charge >= 0.3 is 0 Å². The first-order chi connectivity index (χ1) is 8.29. The third-order valence-electron chi connectivity index (χ3n) is 2.80. The van der Waals surface area contributed by atoms with E-state index in [9.17, 15) is 0 Å². The van der Waals surface area contributed by atoms with Crippen molar-refractivity contribution in [3.8, 4) is 0 Å². The van der Waals surface area contributed by atoms with Crippen molar-refractivity contribution < 1.29 is 9.47 Å². The van der Waals surface area contributed by atoms with Gasteiger partial charge in [-0.15, -0.1) is 0 Å². The summed E-state index contributed by atoms with van der Waals surface area (Å²) in [7, 11) is 0. The highest BCUT2D eigenvalue weighted by Gasteiger charge is 2.19. The standard InChI is InChI=1S/C14H29NO2/c1-13(2)12-17-11-10-16-9-5-3-4-8-15-14-6-7-14/h13-15H,3-12H2,1-2H3. The molecule has 1 aliphatic carbocycles. The fourth-order valence-corrected chi connectivity index (χ4v) is 1.64. The minimum absolute atomic E-state index is 0.619. The Hall–Kier alpha value is -0.120. The van der Waals surface area contributed by atoms with Gasteiger partial charge in [0.05, 0.1) is 13.2 Å². The molecule has 1 fully saturated rings. The van der Waals surface area contributed by atoms with E-state index in [1.807, 2.05) is 0 Å². The van der Waals surface area contributed by atoms with Gasteiger partial charge in [-0.25, -0.2) is 0 Å². The Morgan fingerprint density at radius 1 is 1.00 bits per heavy atom. The number of nitrogens with one attached hydrogen (secondary N) is 1. The average molecular weight is 243 g/mol. The molecule has 0 atom stereocenters. The molecule has 0 aliphatic heterocycles. The van der Waals surface area contributed by atoms with Crippen LogP contribution >= 0.6 is 0 Å². The molecular formula is C14H29NO2. The Morgan fingerprint density at radius 2 is 1.76 bits per heavy atom. The summed E-state index contributed by atoms with van der Waals surface area (Å²) in [6, 6.07) is 0.851. The lowest BCUT2D eigenvalue weighted by atomic mass is 10.2. The summed E-state index contributed by atoms with van der Waals surface area (Å²) in [6.45, 7) is 8.72. The van der Waals surface area contributed by atoms with E-state index in [4.69, 9.17) is 9.47 Å². The zero-order chi connectivity index (χ0) is 12.3. The van der Waals surface area contributed by atoms with Crippen LogP contribution in [0.25, 0.3) is 0 Å². The summed E-state index contributed by atoms with van der Waals surface area (Å²) in [4.78, 5) is 0. The zero-order valence-corrected chi connectivity index (χ0v) is 11.5. The lowest BCUT2D eigenvalue weighted by molar-refractivity contribution is 0.0366. The highest BCUT2D eigenvalue weighted by atomic mass is 16.5. The van der Waals surface area contributed by atoms with Crippen molar-refractivity contribution in [2.45, 2.75) is 52.0 Å². The van der Waals surface area contributed by atoms with E-state index in [0.29, 0.717) is 5.92 Å². The van der Waals surface area contributed by atoms with Crippen molar-refractivity contribution in [1.29, 1.82) is 0 Å². The van der Waals surface area contributed by atoms with E-state index in [2.05, 4.69) is 19.2 Å². The lowest BCUT2D eigenvalue weighted by Crippen LogP contribution is -2.17. The van der Waals surface area contributed by atoms with Crippen LogP contribution in [0.2, 0.25) is 0 Å². The van der Waals surface area contributed by atoms with Crippen molar-refractivity contribution in [2.75, 3.05) is 33.0 Å². The molecule has 0 heterocycles. The molecule has 1 aliphatic rings. The molecule has 1 saturated carbocycles. The Morgan fingerprint density at radius 3 is 2.47 bits per heavy atom. The largest absolute Gasteiger partial charge is 0.379 e. The molecule has 3 heteroatoms. The van der Waals surface area contributed by atoms with Crippen LogP contribution in [-0.4, -0.2) is 39.0 Å². The van der Waals surface area contributed by atoms with Crippen LogP contribution in [-0.2, 0) is 9.47 Å². The number of hydrogen-bond acceptors (Lipinski definition) is 3. The van der Waals surface area contributed by atoms with Crippen LogP contribution < -0.4 is 5.32 Å².